The van der Waals surface area contributed by atoms with Crippen LogP contribution < -0.4 is 0 Å². The molecular formula is C64H108O6. The highest BCUT2D eigenvalue weighted by atomic mass is 16.6. The van der Waals surface area contributed by atoms with Gasteiger partial charge in [-0.3, -0.25) is 14.4 Å². The van der Waals surface area contributed by atoms with E-state index in [1.54, 1.807) is 0 Å². The highest BCUT2D eigenvalue weighted by molar-refractivity contribution is 5.71. The van der Waals surface area contributed by atoms with Gasteiger partial charge in [0.15, 0.2) is 6.10 Å². The van der Waals surface area contributed by atoms with E-state index in [-0.39, 0.29) is 31.1 Å². The Labute approximate surface area is 432 Å². The highest BCUT2D eigenvalue weighted by Crippen LogP contribution is 2.15. The molecule has 0 aromatic heterocycles. The lowest BCUT2D eigenvalue weighted by atomic mass is 10.1. The van der Waals surface area contributed by atoms with Crippen molar-refractivity contribution in [2.45, 2.75) is 277 Å². The molecule has 6 heteroatoms. The standard InChI is InChI=1S/C64H108O6/c1-4-7-10-13-16-19-22-25-28-30-32-34-36-39-42-45-48-51-54-57-63(66)69-60-61(59-68-62(65)56-53-50-47-44-41-38-35-27-24-21-18-15-12-9-6-3)70-64(67)58-55-52-49-46-43-40-37-33-31-29-26-23-20-17-14-11-8-5-2/h7,10,16,18-19,21,23-29,31,33,37,61H,4-6,8-9,11-15,17,20,22,30,32,34-36,38-60H2,1-3H3/b10-7-,19-16-,21-18-,26-23-,27-24-,28-25-,31-29-,37-33-. The number of hydrogen-bond acceptors (Lipinski definition) is 6. The van der Waals surface area contributed by atoms with Crippen molar-refractivity contribution in [2.24, 2.45) is 0 Å². The molecule has 0 rings (SSSR count). The Morgan fingerprint density at radius 1 is 0.314 bits per heavy atom. The molecule has 0 bridgehead atoms. The molecule has 0 spiro atoms. The molecule has 0 aliphatic carbocycles. The lowest BCUT2D eigenvalue weighted by Gasteiger charge is -2.18. The van der Waals surface area contributed by atoms with E-state index < -0.39 is 6.10 Å². The van der Waals surface area contributed by atoms with Gasteiger partial charge in [0.05, 0.1) is 0 Å². The van der Waals surface area contributed by atoms with Crippen molar-refractivity contribution in [1.82, 2.24) is 0 Å². The maximum Gasteiger partial charge on any atom is 0.306 e. The quantitative estimate of drug-likeness (QED) is 0.0199. The summed E-state index contributed by atoms with van der Waals surface area (Å²) in [6.07, 6.45) is 76.7. The predicted molar refractivity (Wildman–Crippen MR) is 302 cm³/mol. The van der Waals surface area contributed by atoms with Crippen LogP contribution in [0.25, 0.3) is 0 Å². The second-order valence-electron chi connectivity index (χ2n) is 19.3. The van der Waals surface area contributed by atoms with Gasteiger partial charge in [0.1, 0.15) is 13.2 Å². The van der Waals surface area contributed by atoms with Gasteiger partial charge in [0, 0.05) is 19.3 Å². The monoisotopic (exact) mass is 973 g/mol. The van der Waals surface area contributed by atoms with E-state index in [0.29, 0.717) is 19.3 Å². The van der Waals surface area contributed by atoms with E-state index in [4.69, 9.17) is 14.2 Å². The van der Waals surface area contributed by atoms with Crippen molar-refractivity contribution in [3.8, 4) is 0 Å². The van der Waals surface area contributed by atoms with Crippen molar-refractivity contribution < 1.29 is 28.6 Å². The maximum atomic E-state index is 12.9. The van der Waals surface area contributed by atoms with Gasteiger partial charge >= 0.3 is 17.9 Å². The number of carbonyl (C=O) groups is 3. The third-order valence-electron chi connectivity index (χ3n) is 12.4. The lowest BCUT2D eigenvalue weighted by molar-refractivity contribution is -0.167. The van der Waals surface area contributed by atoms with E-state index in [9.17, 15) is 14.4 Å². The molecule has 1 unspecified atom stereocenters. The zero-order chi connectivity index (χ0) is 50.7. The molecule has 0 radical (unpaired) electrons. The second kappa shape index (κ2) is 57.9. The minimum atomic E-state index is -0.797. The Kier molecular flexibility index (Phi) is 54.9. The van der Waals surface area contributed by atoms with E-state index in [1.165, 1.54) is 122 Å². The van der Waals surface area contributed by atoms with Gasteiger partial charge in [-0.25, -0.2) is 0 Å². The van der Waals surface area contributed by atoms with Crippen LogP contribution in [0.2, 0.25) is 0 Å². The van der Waals surface area contributed by atoms with Crippen molar-refractivity contribution in [2.75, 3.05) is 13.2 Å². The fraction of sp³-hybridized carbons (Fsp3) is 0.703. The predicted octanol–water partition coefficient (Wildman–Crippen LogP) is 19.7. The molecule has 0 saturated heterocycles. The highest BCUT2D eigenvalue weighted by Gasteiger charge is 2.19. The third kappa shape index (κ3) is 55.3. The van der Waals surface area contributed by atoms with Crippen molar-refractivity contribution in [1.29, 1.82) is 0 Å². The van der Waals surface area contributed by atoms with Gasteiger partial charge in [0.2, 0.25) is 0 Å². The number of hydrogen-bond donors (Lipinski definition) is 0. The van der Waals surface area contributed by atoms with Gasteiger partial charge in [-0.1, -0.05) is 246 Å². The largest absolute Gasteiger partial charge is 0.462 e. The summed E-state index contributed by atoms with van der Waals surface area (Å²) in [6.45, 7) is 6.46. The zero-order valence-corrected chi connectivity index (χ0v) is 45.8. The van der Waals surface area contributed by atoms with Crippen molar-refractivity contribution in [3.05, 3.63) is 97.2 Å². The molecule has 400 valence electrons. The summed E-state index contributed by atoms with van der Waals surface area (Å²) in [4.78, 5) is 38.2. The Morgan fingerprint density at radius 2 is 0.614 bits per heavy atom. The second-order valence-corrected chi connectivity index (χ2v) is 19.3. The Balaban J connectivity index is 4.45. The first-order chi connectivity index (χ1) is 34.5. The van der Waals surface area contributed by atoms with Crippen LogP contribution in [0, 0.1) is 0 Å². The molecule has 0 aromatic carbocycles. The first-order valence-corrected chi connectivity index (χ1v) is 29.3. The molecule has 0 aliphatic rings. The number of unbranched alkanes of at least 4 members (excludes halogenated alkanes) is 28. The lowest BCUT2D eigenvalue weighted by Crippen LogP contribution is -2.30. The molecule has 0 heterocycles. The molecule has 0 N–H and O–H groups in total. The first kappa shape index (κ1) is 66.3. The third-order valence-corrected chi connectivity index (χ3v) is 12.4. The molecule has 0 fully saturated rings. The number of carbonyl (C=O) groups excluding carboxylic acids is 3. The molecule has 0 saturated carbocycles. The van der Waals surface area contributed by atoms with E-state index in [1.807, 2.05) is 0 Å². The average Bonchev–Trinajstić information content (AvgIpc) is 3.36. The average molecular weight is 974 g/mol. The van der Waals surface area contributed by atoms with Crippen LogP contribution in [0.4, 0.5) is 0 Å². The zero-order valence-electron chi connectivity index (χ0n) is 45.8. The number of allylic oxidation sites excluding steroid dienone is 16. The SMILES string of the molecule is CC/C=C\C/C=C\C/C=C\CCCCCCCCCCCC(=O)OCC(COC(=O)CCCCCCCC/C=C\C=C/CCCCC)OC(=O)CCCCCCC\C=C/C=C\C=C/CCCCCCC. The van der Waals surface area contributed by atoms with Crippen LogP contribution in [0.3, 0.4) is 0 Å². The van der Waals surface area contributed by atoms with Crippen LogP contribution >= 0.6 is 0 Å². The van der Waals surface area contributed by atoms with Crippen LogP contribution in [0.1, 0.15) is 271 Å². The summed E-state index contributed by atoms with van der Waals surface area (Å²) in [5.74, 6) is -0.925. The maximum absolute atomic E-state index is 12.9. The number of ether oxygens (including phenoxy) is 3. The van der Waals surface area contributed by atoms with Gasteiger partial charge < -0.3 is 14.2 Å². The van der Waals surface area contributed by atoms with Gasteiger partial charge in [-0.15, -0.1) is 0 Å². The molecule has 0 amide bonds. The smallest absolute Gasteiger partial charge is 0.306 e. The summed E-state index contributed by atoms with van der Waals surface area (Å²) < 4.78 is 16.9. The Morgan fingerprint density at radius 3 is 1.03 bits per heavy atom. The number of esters is 3. The normalized spacial score (nSPS) is 12.8. The van der Waals surface area contributed by atoms with Gasteiger partial charge in [-0.2, -0.15) is 0 Å². The van der Waals surface area contributed by atoms with E-state index in [0.717, 1.165) is 109 Å². The molecule has 0 aromatic rings. The first-order valence-electron chi connectivity index (χ1n) is 29.3. The molecule has 1 atom stereocenters. The topological polar surface area (TPSA) is 78.9 Å². The Bertz CT molecular complexity index is 1400. The molecule has 6 nitrogen and oxygen atoms in total. The van der Waals surface area contributed by atoms with Gasteiger partial charge in [-0.05, 0) is 103 Å². The summed E-state index contributed by atoms with van der Waals surface area (Å²) in [5.41, 5.74) is 0. The van der Waals surface area contributed by atoms with Crippen molar-refractivity contribution >= 4 is 17.9 Å². The van der Waals surface area contributed by atoms with Crippen LogP contribution in [-0.4, -0.2) is 37.2 Å². The molecule has 0 aliphatic heterocycles. The fourth-order valence-corrected chi connectivity index (χ4v) is 7.98. The number of rotatable bonds is 52. The fourth-order valence-electron chi connectivity index (χ4n) is 7.98. The minimum absolute atomic E-state index is 0.0931. The molecule has 70 heavy (non-hydrogen) atoms. The minimum Gasteiger partial charge on any atom is -0.462 e. The van der Waals surface area contributed by atoms with Crippen LogP contribution in [0.15, 0.2) is 97.2 Å². The molecular weight excluding hydrogens is 865 g/mol. The summed E-state index contributed by atoms with van der Waals surface area (Å²) >= 11 is 0. The van der Waals surface area contributed by atoms with E-state index >= 15 is 0 Å². The summed E-state index contributed by atoms with van der Waals surface area (Å²) in [5, 5.41) is 0. The van der Waals surface area contributed by atoms with Crippen molar-refractivity contribution in [3.63, 3.8) is 0 Å². The van der Waals surface area contributed by atoms with E-state index in [2.05, 4.69) is 118 Å². The summed E-state index contributed by atoms with van der Waals surface area (Å²) in [6, 6.07) is 0. The van der Waals surface area contributed by atoms with Crippen LogP contribution in [0.5, 0.6) is 0 Å². The Hall–Kier alpha value is -3.67. The van der Waals surface area contributed by atoms with Gasteiger partial charge in [0.25, 0.3) is 0 Å². The summed E-state index contributed by atoms with van der Waals surface area (Å²) in [7, 11) is 0. The van der Waals surface area contributed by atoms with Crippen LogP contribution in [-0.2, 0) is 28.6 Å².